The molecule has 1 aliphatic rings. The fraction of sp³-hybridized carbons (Fsp3) is 0.652. The van der Waals surface area contributed by atoms with Gasteiger partial charge in [-0.3, -0.25) is 0 Å². The number of rotatable bonds is 6. The van der Waals surface area contributed by atoms with Gasteiger partial charge in [-0.1, -0.05) is 13.0 Å². The van der Waals surface area contributed by atoms with Crippen LogP contribution >= 0.6 is 0 Å². The highest BCUT2D eigenvalue weighted by atomic mass is 19.4. The standard InChI is InChI=1S/C23H33F3N2O4/c1-7-9-18(30-23(24,25)26)22(5,6)31-19-11-8-10-17(27-19)16-12-14-28(15-13-16)20(29)32-21(2,3)4/h8-11,16H,7,12-15H2,1-6H3/b18-9+. The second-order valence-corrected chi connectivity index (χ2v) is 9.28. The number of carbonyl (C=O) groups excluding carboxylic acids is 1. The van der Waals surface area contributed by atoms with E-state index in [-0.39, 0.29) is 23.7 Å². The molecular formula is C23H33F3N2O4. The number of likely N-dealkylation sites (tertiary alicyclic amines) is 1. The molecule has 0 N–H and O–H groups in total. The predicted octanol–water partition coefficient (Wildman–Crippen LogP) is 6.18. The number of aromatic nitrogens is 1. The topological polar surface area (TPSA) is 60.9 Å². The maximum absolute atomic E-state index is 12.8. The Bertz CT molecular complexity index is 808. The van der Waals surface area contributed by atoms with Crippen molar-refractivity contribution in [2.45, 2.75) is 84.3 Å². The van der Waals surface area contributed by atoms with Gasteiger partial charge in [0.25, 0.3) is 0 Å². The highest BCUT2D eigenvalue weighted by molar-refractivity contribution is 5.68. The number of hydrogen-bond acceptors (Lipinski definition) is 5. The quantitative estimate of drug-likeness (QED) is 0.476. The van der Waals surface area contributed by atoms with E-state index in [9.17, 15) is 18.0 Å². The first kappa shape index (κ1) is 25.8. The minimum absolute atomic E-state index is 0.109. The predicted molar refractivity (Wildman–Crippen MR) is 114 cm³/mol. The Hall–Kier alpha value is -2.45. The van der Waals surface area contributed by atoms with Crippen molar-refractivity contribution in [3.05, 3.63) is 35.7 Å². The maximum Gasteiger partial charge on any atom is 0.572 e. The van der Waals surface area contributed by atoms with Crippen LogP contribution in [0.15, 0.2) is 30.0 Å². The minimum atomic E-state index is -4.81. The fourth-order valence-electron chi connectivity index (χ4n) is 3.43. The number of ether oxygens (including phenoxy) is 3. The Kier molecular flexibility index (Phi) is 8.07. The molecule has 1 aromatic heterocycles. The SMILES string of the molecule is CC/C=C(/OC(F)(F)F)C(C)(C)Oc1cccc(C2CCN(C(=O)OC(C)(C)C)CC2)n1. The van der Waals surface area contributed by atoms with Crippen LogP contribution in [0.3, 0.4) is 0 Å². The summed E-state index contributed by atoms with van der Waals surface area (Å²) in [5.41, 5.74) is -1.13. The lowest BCUT2D eigenvalue weighted by atomic mass is 9.93. The minimum Gasteiger partial charge on any atom is -0.463 e. The summed E-state index contributed by atoms with van der Waals surface area (Å²) in [5, 5.41) is 0. The molecular weight excluding hydrogens is 425 g/mol. The Balaban J connectivity index is 2.06. The molecule has 2 heterocycles. The summed E-state index contributed by atoms with van der Waals surface area (Å²) in [6.07, 6.45) is -2.01. The first-order valence-corrected chi connectivity index (χ1v) is 10.8. The molecule has 1 amide bonds. The molecule has 1 fully saturated rings. The Morgan fingerprint density at radius 2 is 1.75 bits per heavy atom. The lowest BCUT2D eigenvalue weighted by Gasteiger charge is -2.33. The molecule has 0 radical (unpaired) electrons. The van der Waals surface area contributed by atoms with Crippen molar-refractivity contribution in [3.63, 3.8) is 0 Å². The van der Waals surface area contributed by atoms with E-state index < -0.39 is 17.6 Å². The van der Waals surface area contributed by atoms with E-state index in [0.717, 1.165) is 5.69 Å². The fourth-order valence-corrected chi connectivity index (χ4v) is 3.43. The van der Waals surface area contributed by atoms with Gasteiger partial charge < -0.3 is 19.1 Å². The zero-order chi connectivity index (χ0) is 24.2. The van der Waals surface area contributed by atoms with Gasteiger partial charge in [0, 0.05) is 30.8 Å². The summed E-state index contributed by atoms with van der Waals surface area (Å²) in [5.74, 6) is 0.0117. The molecule has 0 spiro atoms. The number of allylic oxidation sites excluding steroid dienone is 1. The zero-order valence-electron chi connectivity index (χ0n) is 19.6. The Labute approximate surface area is 187 Å². The van der Waals surface area contributed by atoms with Crippen LogP contribution in [-0.2, 0) is 9.47 Å². The van der Waals surface area contributed by atoms with Gasteiger partial charge in [0.2, 0.25) is 5.88 Å². The van der Waals surface area contributed by atoms with Crippen LogP contribution in [0.1, 0.15) is 72.4 Å². The van der Waals surface area contributed by atoms with Gasteiger partial charge in [0.15, 0.2) is 5.60 Å². The van der Waals surface area contributed by atoms with Crippen molar-refractivity contribution in [3.8, 4) is 5.88 Å². The van der Waals surface area contributed by atoms with Crippen LogP contribution in [0.2, 0.25) is 0 Å². The van der Waals surface area contributed by atoms with Crippen LogP contribution < -0.4 is 4.74 Å². The van der Waals surface area contributed by atoms with Crippen molar-refractivity contribution >= 4 is 6.09 Å². The van der Waals surface area contributed by atoms with Crippen molar-refractivity contribution in [2.24, 2.45) is 0 Å². The molecule has 9 heteroatoms. The number of alkyl halides is 3. The number of piperidine rings is 1. The van der Waals surface area contributed by atoms with Gasteiger partial charge in [0.05, 0.1) is 0 Å². The first-order chi connectivity index (χ1) is 14.7. The number of nitrogens with zero attached hydrogens (tertiary/aromatic N) is 2. The molecule has 0 atom stereocenters. The molecule has 2 rings (SSSR count). The summed E-state index contributed by atoms with van der Waals surface area (Å²) >= 11 is 0. The van der Waals surface area contributed by atoms with Crippen molar-refractivity contribution in [1.29, 1.82) is 0 Å². The number of amides is 1. The molecule has 32 heavy (non-hydrogen) atoms. The van der Waals surface area contributed by atoms with Crippen LogP contribution in [0, 0.1) is 0 Å². The summed E-state index contributed by atoms with van der Waals surface area (Å²) < 4.78 is 53.9. The molecule has 1 saturated heterocycles. The average molecular weight is 459 g/mol. The maximum atomic E-state index is 12.8. The normalized spacial score (nSPS) is 16.7. The first-order valence-electron chi connectivity index (χ1n) is 10.8. The second kappa shape index (κ2) is 10.0. The van der Waals surface area contributed by atoms with Gasteiger partial charge in [-0.2, -0.15) is 0 Å². The lowest BCUT2D eigenvalue weighted by Crippen LogP contribution is -2.41. The van der Waals surface area contributed by atoms with Crippen LogP contribution in [0.4, 0.5) is 18.0 Å². The smallest absolute Gasteiger partial charge is 0.463 e. The summed E-state index contributed by atoms with van der Waals surface area (Å²) in [6, 6.07) is 5.24. The molecule has 0 aromatic carbocycles. The third kappa shape index (κ3) is 7.91. The number of carbonyl (C=O) groups is 1. The van der Waals surface area contributed by atoms with E-state index in [4.69, 9.17) is 9.47 Å². The lowest BCUT2D eigenvalue weighted by molar-refractivity contribution is -0.312. The Morgan fingerprint density at radius 1 is 1.12 bits per heavy atom. The molecule has 0 saturated carbocycles. The zero-order valence-corrected chi connectivity index (χ0v) is 19.6. The van der Waals surface area contributed by atoms with Crippen LogP contribution in [0.5, 0.6) is 5.88 Å². The monoisotopic (exact) mass is 458 g/mol. The molecule has 180 valence electrons. The number of pyridine rings is 1. The molecule has 0 bridgehead atoms. The van der Waals surface area contributed by atoms with E-state index in [1.807, 2.05) is 26.8 Å². The third-order valence-electron chi connectivity index (χ3n) is 4.88. The molecule has 1 aromatic rings. The van der Waals surface area contributed by atoms with E-state index in [0.29, 0.717) is 32.4 Å². The Morgan fingerprint density at radius 3 is 2.28 bits per heavy atom. The van der Waals surface area contributed by atoms with Gasteiger partial charge >= 0.3 is 12.5 Å². The van der Waals surface area contributed by atoms with E-state index in [1.165, 1.54) is 19.9 Å². The number of hydrogen-bond donors (Lipinski definition) is 0. The highest BCUT2D eigenvalue weighted by Crippen LogP contribution is 2.33. The van der Waals surface area contributed by atoms with Crippen LogP contribution in [-0.4, -0.2) is 46.6 Å². The van der Waals surface area contributed by atoms with E-state index in [1.54, 1.807) is 24.0 Å². The number of halogens is 3. The molecule has 0 aliphatic carbocycles. The summed E-state index contributed by atoms with van der Waals surface area (Å²) in [7, 11) is 0. The molecule has 0 unspecified atom stereocenters. The molecule has 6 nitrogen and oxygen atoms in total. The summed E-state index contributed by atoms with van der Waals surface area (Å²) in [4.78, 5) is 18.5. The van der Waals surface area contributed by atoms with Gasteiger partial charge in [-0.25, -0.2) is 9.78 Å². The largest absolute Gasteiger partial charge is 0.572 e. The van der Waals surface area contributed by atoms with Crippen LogP contribution in [0.25, 0.3) is 0 Å². The van der Waals surface area contributed by atoms with E-state index >= 15 is 0 Å². The van der Waals surface area contributed by atoms with Gasteiger partial charge in [-0.05, 0) is 66.0 Å². The van der Waals surface area contributed by atoms with Crippen molar-refractivity contribution < 1.29 is 32.2 Å². The van der Waals surface area contributed by atoms with E-state index in [2.05, 4.69) is 9.72 Å². The average Bonchev–Trinajstić information content (AvgIpc) is 2.65. The highest BCUT2D eigenvalue weighted by Gasteiger charge is 2.39. The molecule has 1 aliphatic heterocycles. The van der Waals surface area contributed by atoms with Crippen molar-refractivity contribution in [2.75, 3.05) is 13.1 Å². The van der Waals surface area contributed by atoms with Gasteiger partial charge in [0.1, 0.15) is 11.4 Å². The van der Waals surface area contributed by atoms with Gasteiger partial charge in [-0.15, -0.1) is 13.2 Å². The van der Waals surface area contributed by atoms with Crippen molar-refractivity contribution in [1.82, 2.24) is 9.88 Å². The third-order valence-corrected chi connectivity index (χ3v) is 4.88. The second-order valence-electron chi connectivity index (χ2n) is 9.28. The summed E-state index contributed by atoms with van der Waals surface area (Å²) in [6.45, 7) is 11.3.